The summed E-state index contributed by atoms with van der Waals surface area (Å²) in [6.45, 7) is 5.24. The number of ether oxygens (including phenoxy) is 1. The largest absolute Gasteiger partial charge is 0.381 e. The number of nitrogens with zero attached hydrogens (tertiary/aromatic N) is 1. The average Bonchev–Trinajstić information content (AvgIpc) is 2.48. The van der Waals surface area contributed by atoms with E-state index in [-0.39, 0.29) is 0 Å². The maximum Gasteiger partial charge on any atom is 0.0506 e. The lowest BCUT2D eigenvalue weighted by Gasteiger charge is -2.33. The standard InChI is InChI=1S/C17H26N2O/c1-19(11-14-5-4-10-20-13-14)12-17-16-7-3-2-6-15(16)8-9-18-17/h2-3,6-7,14,17-18H,4-5,8-13H2,1H3. The number of fused-ring (bicyclic) bond motifs is 1. The minimum Gasteiger partial charge on any atom is -0.381 e. The van der Waals surface area contributed by atoms with Crippen LogP contribution in [0.3, 0.4) is 0 Å². The molecule has 0 radical (unpaired) electrons. The van der Waals surface area contributed by atoms with Gasteiger partial charge in [0.25, 0.3) is 0 Å². The first-order chi connectivity index (χ1) is 9.83. The summed E-state index contributed by atoms with van der Waals surface area (Å²) >= 11 is 0. The summed E-state index contributed by atoms with van der Waals surface area (Å²) in [5, 5.41) is 3.67. The normalized spacial score (nSPS) is 26.5. The Balaban J connectivity index is 1.57. The predicted molar refractivity (Wildman–Crippen MR) is 81.9 cm³/mol. The second-order valence-electron chi connectivity index (χ2n) is 6.26. The summed E-state index contributed by atoms with van der Waals surface area (Å²) < 4.78 is 5.59. The lowest BCUT2D eigenvalue weighted by atomic mass is 9.94. The van der Waals surface area contributed by atoms with E-state index in [1.54, 1.807) is 0 Å². The summed E-state index contributed by atoms with van der Waals surface area (Å²) in [4.78, 5) is 2.47. The van der Waals surface area contributed by atoms with Gasteiger partial charge in [0.2, 0.25) is 0 Å². The zero-order valence-corrected chi connectivity index (χ0v) is 12.5. The summed E-state index contributed by atoms with van der Waals surface area (Å²) in [5.74, 6) is 0.715. The van der Waals surface area contributed by atoms with E-state index < -0.39 is 0 Å². The van der Waals surface area contributed by atoms with Gasteiger partial charge in [-0.1, -0.05) is 24.3 Å². The van der Waals surface area contributed by atoms with Gasteiger partial charge in [-0.15, -0.1) is 0 Å². The Kier molecular flexibility index (Phi) is 4.71. The Morgan fingerprint density at radius 1 is 1.30 bits per heavy atom. The van der Waals surface area contributed by atoms with E-state index >= 15 is 0 Å². The van der Waals surface area contributed by atoms with Crippen LogP contribution in [-0.4, -0.2) is 44.8 Å². The average molecular weight is 274 g/mol. The van der Waals surface area contributed by atoms with Crippen LogP contribution in [0.2, 0.25) is 0 Å². The Labute approximate surface area is 122 Å². The number of nitrogens with one attached hydrogen (secondary N) is 1. The van der Waals surface area contributed by atoms with Crippen LogP contribution in [0.25, 0.3) is 0 Å². The van der Waals surface area contributed by atoms with Crippen molar-refractivity contribution >= 4 is 0 Å². The molecule has 3 rings (SSSR count). The van der Waals surface area contributed by atoms with Crippen molar-refractivity contribution in [1.29, 1.82) is 0 Å². The summed E-state index contributed by atoms with van der Waals surface area (Å²) in [6, 6.07) is 9.36. The molecule has 2 aliphatic heterocycles. The number of hydrogen-bond acceptors (Lipinski definition) is 3. The molecule has 2 aliphatic rings. The molecule has 2 heterocycles. The number of likely N-dealkylation sites (N-methyl/N-ethyl adjacent to an activating group) is 1. The Morgan fingerprint density at radius 3 is 3.05 bits per heavy atom. The monoisotopic (exact) mass is 274 g/mol. The molecule has 0 bridgehead atoms. The molecule has 0 aromatic heterocycles. The Morgan fingerprint density at radius 2 is 2.20 bits per heavy atom. The maximum atomic E-state index is 5.59. The molecule has 0 amide bonds. The topological polar surface area (TPSA) is 24.5 Å². The Hall–Kier alpha value is -0.900. The van der Waals surface area contributed by atoms with Gasteiger partial charge in [-0.2, -0.15) is 0 Å². The smallest absolute Gasteiger partial charge is 0.0506 e. The van der Waals surface area contributed by atoms with E-state index in [1.807, 2.05) is 0 Å². The van der Waals surface area contributed by atoms with Gasteiger partial charge < -0.3 is 15.0 Å². The molecule has 1 saturated heterocycles. The third-order valence-corrected chi connectivity index (χ3v) is 4.53. The van der Waals surface area contributed by atoms with Gasteiger partial charge in [-0.05, 0) is 49.9 Å². The van der Waals surface area contributed by atoms with Crippen LogP contribution >= 0.6 is 0 Å². The van der Waals surface area contributed by atoms with Gasteiger partial charge in [0, 0.05) is 25.7 Å². The molecule has 0 aliphatic carbocycles. The zero-order valence-electron chi connectivity index (χ0n) is 12.5. The van der Waals surface area contributed by atoms with Crippen molar-refractivity contribution in [3.05, 3.63) is 35.4 Å². The molecule has 3 nitrogen and oxygen atoms in total. The van der Waals surface area contributed by atoms with Gasteiger partial charge in [0.15, 0.2) is 0 Å². The molecule has 1 N–H and O–H groups in total. The fourth-order valence-corrected chi connectivity index (χ4v) is 3.53. The molecule has 20 heavy (non-hydrogen) atoms. The van der Waals surface area contributed by atoms with Crippen LogP contribution in [0.5, 0.6) is 0 Å². The van der Waals surface area contributed by atoms with Crippen molar-refractivity contribution in [3.63, 3.8) is 0 Å². The lowest BCUT2D eigenvalue weighted by Crippen LogP contribution is -2.40. The first-order valence-corrected chi connectivity index (χ1v) is 7.90. The number of benzene rings is 1. The highest BCUT2D eigenvalue weighted by Crippen LogP contribution is 2.24. The van der Waals surface area contributed by atoms with Crippen molar-refractivity contribution in [2.24, 2.45) is 5.92 Å². The molecular weight excluding hydrogens is 248 g/mol. The first kappa shape index (κ1) is 14.1. The molecule has 3 heteroatoms. The van der Waals surface area contributed by atoms with Crippen molar-refractivity contribution in [1.82, 2.24) is 10.2 Å². The van der Waals surface area contributed by atoms with E-state index in [0.29, 0.717) is 12.0 Å². The SMILES string of the molecule is CN(CC1CCCOC1)CC1NCCc2ccccc21. The predicted octanol–water partition coefficient (Wildman–Crippen LogP) is 2.23. The Bertz CT molecular complexity index is 429. The number of rotatable bonds is 4. The molecule has 2 unspecified atom stereocenters. The third-order valence-electron chi connectivity index (χ3n) is 4.53. The minimum atomic E-state index is 0.481. The maximum absolute atomic E-state index is 5.59. The molecule has 1 aromatic carbocycles. The highest BCUT2D eigenvalue weighted by Gasteiger charge is 2.22. The van der Waals surface area contributed by atoms with Gasteiger partial charge in [0.1, 0.15) is 0 Å². The minimum absolute atomic E-state index is 0.481. The van der Waals surface area contributed by atoms with Gasteiger partial charge in [0.05, 0.1) is 6.61 Å². The van der Waals surface area contributed by atoms with Gasteiger partial charge >= 0.3 is 0 Å². The highest BCUT2D eigenvalue weighted by molar-refractivity contribution is 5.32. The fraction of sp³-hybridized carbons (Fsp3) is 0.647. The van der Waals surface area contributed by atoms with Crippen LogP contribution in [-0.2, 0) is 11.2 Å². The van der Waals surface area contributed by atoms with Crippen molar-refractivity contribution in [2.45, 2.75) is 25.3 Å². The molecule has 0 spiro atoms. The van der Waals surface area contributed by atoms with E-state index in [4.69, 9.17) is 4.74 Å². The molecule has 110 valence electrons. The van der Waals surface area contributed by atoms with Crippen molar-refractivity contribution in [3.8, 4) is 0 Å². The van der Waals surface area contributed by atoms with E-state index in [2.05, 4.69) is 41.5 Å². The van der Waals surface area contributed by atoms with Crippen LogP contribution in [0, 0.1) is 5.92 Å². The second kappa shape index (κ2) is 6.70. The quantitative estimate of drug-likeness (QED) is 0.911. The first-order valence-electron chi connectivity index (χ1n) is 7.90. The van der Waals surface area contributed by atoms with Crippen LogP contribution in [0.15, 0.2) is 24.3 Å². The van der Waals surface area contributed by atoms with E-state index in [0.717, 1.165) is 39.3 Å². The summed E-state index contributed by atoms with van der Waals surface area (Å²) in [5.41, 5.74) is 3.01. The molecule has 0 saturated carbocycles. The fourth-order valence-electron chi connectivity index (χ4n) is 3.53. The number of hydrogen-bond donors (Lipinski definition) is 1. The van der Waals surface area contributed by atoms with Gasteiger partial charge in [-0.3, -0.25) is 0 Å². The van der Waals surface area contributed by atoms with Gasteiger partial charge in [-0.25, -0.2) is 0 Å². The second-order valence-corrected chi connectivity index (χ2v) is 6.26. The van der Waals surface area contributed by atoms with E-state index in [1.165, 1.54) is 24.0 Å². The van der Waals surface area contributed by atoms with E-state index in [9.17, 15) is 0 Å². The van der Waals surface area contributed by atoms with Crippen LogP contribution in [0.4, 0.5) is 0 Å². The highest BCUT2D eigenvalue weighted by atomic mass is 16.5. The molecule has 1 fully saturated rings. The molecular formula is C17H26N2O. The summed E-state index contributed by atoms with van der Waals surface area (Å²) in [7, 11) is 2.24. The lowest BCUT2D eigenvalue weighted by molar-refractivity contribution is 0.0408. The molecule has 2 atom stereocenters. The summed E-state index contributed by atoms with van der Waals surface area (Å²) in [6.07, 6.45) is 3.70. The molecule has 1 aromatic rings. The van der Waals surface area contributed by atoms with Crippen LogP contribution in [0.1, 0.15) is 30.0 Å². The van der Waals surface area contributed by atoms with Crippen LogP contribution < -0.4 is 5.32 Å². The zero-order chi connectivity index (χ0) is 13.8. The van der Waals surface area contributed by atoms with Crippen molar-refractivity contribution in [2.75, 3.05) is 39.9 Å². The van der Waals surface area contributed by atoms with Crippen molar-refractivity contribution < 1.29 is 4.74 Å². The third kappa shape index (κ3) is 3.40.